The van der Waals surface area contributed by atoms with Crippen LogP contribution < -0.4 is 9.62 Å². The van der Waals surface area contributed by atoms with Gasteiger partial charge in [-0.15, -0.1) is 17.9 Å². The molecular weight excluding hydrogens is 256 g/mol. The van der Waals surface area contributed by atoms with E-state index in [1.807, 2.05) is 4.90 Å². The fraction of sp³-hybridized carbons (Fsp3) is 0.250. The summed E-state index contributed by atoms with van der Waals surface area (Å²) in [7, 11) is -3.36. The van der Waals surface area contributed by atoms with Crippen molar-refractivity contribution in [1.82, 2.24) is 4.72 Å². The van der Waals surface area contributed by atoms with Crippen LogP contribution in [0.1, 0.15) is 0 Å². The number of thiophene rings is 1. The van der Waals surface area contributed by atoms with Crippen molar-refractivity contribution >= 4 is 38.6 Å². The van der Waals surface area contributed by atoms with Gasteiger partial charge in [0, 0.05) is 6.54 Å². The van der Waals surface area contributed by atoms with E-state index >= 15 is 0 Å². The lowest BCUT2D eigenvalue weighted by Crippen LogP contribution is -2.42. The molecule has 2 rings (SSSR count). The van der Waals surface area contributed by atoms with E-state index in [4.69, 9.17) is 11.6 Å². The zero-order chi connectivity index (χ0) is 11.1. The first kappa shape index (κ1) is 10.9. The van der Waals surface area contributed by atoms with Crippen LogP contribution in [0.2, 0.25) is 4.34 Å². The summed E-state index contributed by atoms with van der Waals surface area (Å²) in [5, 5.41) is 0. The van der Waals surface area contributed by atoms with Crippen LogP contribution in [0.25, 0.3) is 0 Å². The van der Waals surface area contributed by atoms with Gasteiger partial charge in [-0.05, 0) is 6.07 Å². The van der Waals surface area contributed by atoms with Gasteiger partial charge < -0.3 is 4.90 Å². The minimum Gasteiger partial charge on any atom is -0.352 e. The molecule has 0 radical (unpaired) electrons. The third-order valence-electron chi connectivity index (χ3n) is 2.03. The van der Waals surface area contributed by atoms with Gasteiger partial charge in [0.1, 0.15) is 0 Å². The molecule has 0 amide bonds. The summed E-state index contributed by atoms with van der Waals surface area (Å²) in [6.45, 7) is 4.47. The summed E-state index contributed by atoms with van der Waals surface area (Å²) in [5.41, 5.74) is 0.656. The van der Waals surface area contributed by atoms with Gasteiger partial charge in [-0.25, -0.2) is 8.42 Å². The van der Waals surface area contributed by atoms with Gasteiger partial charge >= 0.3 is 0 Å². The molecule has 1 aliphatic rings. The van der Waals surface area contributed by atoms with E-state index in [0.717, 1.165) is 11.3 Å². The monoisotopic (exact) mass is 264 g/mol. The fourth-order valence-corrected chi connectivity index (χ4v) is 4.30. The smallest absolute Gasteiger partial charge is 0.253 e. The molecule has 0 unspecified atom stereocenters. The second-order valence-electron chi connectivity index (χ2n) is 3.04. The predicted molar refractivity (Wildman–Crippen MR) is 62.1 cm³/mol. The number of rotatable bonds is 2. The topological polar surface area (TPSA) is 49.4 Å². The number of anilines is 1. The zero-order valence-electron chi connectivity index (χ0n) is 7.73. The van der Waals surface area contributed by atoms with Gasteiger partial charge in [0.05, 0.1) is 16.7 Å². The third-order valence-corrected chi connectivity index (χ3v) is 5.19. The van der Waals surface area contributed by atoms with Crippen molar-refractivity contribution in [3.63, 3.8) is 0 Å². The van der Waals surface area contributed by atoms with Gasteiger partial charge in [0.2, 0.25) is 0 Å². The first-order valence-electron chi connectivity index (χ1n) is 4.19. The van der Waals surface area contributed by atoms with Gasteiger partial charge in [-0.2, -0.15) is 4.72 Å². The van der Waals surface area contributed by atoms with Crippen molar-refractivity contribution < 1.29 is 8.42 Å². The molecular formula is C8H9ClN2O2S2. The Morgan fingerprint density at radius 2 is 2.47 bits per heavy atom. The normalized spacial score (nSPS) is 18.6. The summed E-state index contributed by atoms with van der Waals surface area (Å²) < 4.78 is 26.5. The van der Waals surface area contributed by atoms with Gasteiger partial charge in [-0.1, -0.05) is 17.7 Å². The number of nitrogens with one attached hydrogen (secondary N) is 1. The Morgan fingerprint density at radius 1 is 1.73 bits per heavy atom. The molecule has 4 nitrogen and oxygen atoms in total. The Hall–Kier alpha value is -0.560. The number of halogens is 1. The van der Waals surface area contributed by atoms with E-state index in [9.17, 15) is 8.42 Å². The van der Waals surface area contributed by atoms with Gasteiger partial charge in [0.15, 0.2) is 4.21 Å². The molecule has 0 spiro atoms. The highest BCUT2D eigenvalue weighted by atomic mass is 35.5. The molecule has 0 fully saturated rings. The molecule has 0 aliphatic carbocycles. The lowest BCUT2D eigenvalue weighted by Gasteiger charge is -2.27. The van der Waals surface area contributed by atoms with Crippen LogP contribution in [0.3, 0.4) is 0 Å². The average molecular weight is 265 g/mol. The molecule has 2 heterocycles. The molecule has 0 saturated heterocycles. The lowest BCUT2D eigenvalue weighted by molar-refractivity contribution is 0.576. The Kier molecular flexibility index (Phi) is 2.76. The zero-order valence-corrected chi connectivity index (χ0v) is 10.1. The predicted octanol–water partition coefficient (Wildman–Crippen LogP) is 1.64. The second-order valence-corrected chi connectivity index (χ2v) is 6.69. The van der Waals surface area contributed by atoms with E-state index in [1.54, 1.807) is 12.1 Å². The number of sulfonamides is 1. The standard InChI is InChI=1S/C8H9ClN2O2S2/c1-2-3-11-5-10-15(12,13)8-6(11)4-7(9)14-8/h2,4,10H,1,3,5H2. The van der Waals surface area contributed by atoms with E-state index in [2.05, 4.69) is 11.3 Å². The van der Waals surface area contributed by atoms with Crippen molar-refractivity contribution in [2.45, 2.75) is 4.21 Å². The Bertz CT molecular complexity index is 495. The molecule has 0 atom stereocenters. The van der Waals surface area contributed by atoms with Crippen molar-refractivity contribution in [2.24, 2.45) is 0 Å². The summed E-state index contributed by atoms with van der Waals surface area (Å²) >= 11 is 6.88. The average Bonchev–Trinajstić information content (AvgIpc) is 2.54. The van der Waals surface area contributed by atoms with Crippen LogP contribution in [0.15, 0.2) is 22.9 Å². The molecule has 1 aromatic rings. The van der Waals surface area contributed by atoms with Crippen LogP contribution in [0, 0.1) is 0 Å². The fourth-order valence-electron chi connectivity index (χ4n) is 1.38. The molecule has 0 bridgehead atoms. The Balaban J connectivity index is 2.53. The maximum absolute atomic E-state index is 11.6. The van der Waals surface area contributed by atoms with Gasteiger partial charge in [-0.3, -0.25) is 0 Å². The number of hydrogen-bond donors (Lipinski definition) is 1. The van der Waals surface area contributed by atoms with Crippen LogP contribution in [0.5, 0.6) is 0 Å². The summed E-state index contributed by atoms with van der Waals surface area (Å²) in [4.78, 5) is 1.87. The van der Waals surface area contributed by atoms with Crippen molar-refractivity contribution in [1.29, 1.82) is 0 Å². The highest BCUT2D eigenvalue weighted by molar-refractivity contribution is 7.92. The second kappa shape index (κ2) is 3.79. The van der Waals surface area contributed by atoms with Crippen LogP contribution in [-0.4, -0.2) is 21.6 Å². The first-order chi connectivity index (χ1) is 7.04. The first-order valence-corrected chi connectivity index (χ1v) is 6.87. The van der Waals surface area contributed by atoms with E-state index in [1.165, 1.54) is 0 Å². The van der Waals surface area contributed by atoms with Crippen molar-refractivity contribution in [3.05, 3.63) is 23.1 Å². The largest absolute Gasteiger partial charge is 0.352 e. The Morgan fingerprint density at radius 3 is 3.13 bits per heavy atom. The van der Waals surface area contributed by atoms with E-state index in [-0.39, 0.29) is 10.9 Å². The minimum absolute atomic E-state index is 0.258. The number of fused-ring (bicyclic) bond motifs is 1. The van der Waals surface area contributed by atoms with Gasteiger partial charge in [0.25, 0.3) is 10.0 Å². The molecule has 1 aliphatic heterocycles. The summed E-state index contributed by atoms with van der Waals surface area (Å²) in [5.74, 6) is 0. The molecule has 82 valence electrons. The summed E-state index contributed by atoms with van der Waals surface area (Å²) in [6.07, 6.45) is 1.72. The Labute approximate surface area is 97.2 Å². The SMILES string of the molecule is C=CCN1CNS(=O)(=O)c2sc(Cl)cc21. The number of hydrogen-bond acceptors (Lipinski definition) is 4. The lowest BCUT2D eigenvalue weighted by atomic mass is 10.4. The maximum Gasteiger partial charge on any atom is 0.253 e. The minimum atomic E-state index is -3.36. The molecule has 1 aromatic heterocycles. The van der Waals surface area contributed by atoms with Crippen LogP contribution in [-0.2, 0) is 10.0 Å². The van der Waals surface area contributed by atoms with E-state index in [0.29, 0.717) is 16.6 Å². The third kappa shape index (κ3) is 1.90. The molecule has 1 N–H and O–H groups in total. The van der Waals surface area contributed by atoms with E-state index < -0.39 is 10.0 Å². The molecule has 0 aromatic carbocycles. The highest BCUT2D eigenvalue weighted by Gasteiger charge is 2.29. The molecule has 0 saturated carbocycles. The maximum atomic E-state index is 11.6. The molecule has 15 heavy (non-hydrogen) atoms. The van der Waals surface area contributed by atoms with Crippen molar-refractivity contribution in [2.75, 3.05) is 18.1 Å². The highest BCUT2D eigenvalue weighted by Crippen LogP contribution is 2.38. The quantitative estimate of drug-likeness (QED) is 0.827. The summed E-state index contributed by atoms with van der Waals surface area (Å²) in [6, 6.07) is 1.67. The number of nitrogens with zero attached hydrogens (tertiary/aromatic N) is 1. The van der Waals surface area contributed by atoms with Crippen LogP contribution >= 0.6 is 22.9 Å². The molecule has 7 heteroatoms. The van der Waals surface area contributed by atoms with Crippen LogP contribution in [0.4, 0.5) is 5.69 Å². The van der Waals surface area contributed by atoms with Crippen molar-refractivity contribution in [3.8, 4) is 0 Å².